The number of rotatable bonds is 8. The third kappa shape index (κ3) is 5.91. The van der Waals surface area contributed by atoms with Gasteiger partial charge in [0.2, 0.25) is 0 Å². The van der Waals surface area contributed by atoms with Crippen LogP contribution in [0.4, 0.5) is 0 Å². The molecule has 3 atom stereocenters. The maximum atomic E-state index is 10.5. The largest absolute Gasteiger partial charge is 0.342 e. The Morgan fingerprint density at radius 2 is 1.78 bits per heavy atom. The van der Waals surface area contributed by atoms with Gasteiger partial charge in [-0.25, -0.2) is 0 Å². The lowest BCUT2D eigenvalue weighted by Gasteiger charge is -2.28. The molecule has 1 aliphatic carbocycles. The minimum absolute atomic E-state index is 0.194. The van der Waals surface area contributed by atoms with Crippen molar-refractivity contribution in [1.82, 2.24) is 0 Å². The van der Waals surface area contributed by atoms with Gasteiger partial charge in [0.25, 0.3) is 6.48 Å². The zero-order valence-corrected chi connectivity index (χ0v) is 11.5. The summed E-state index contributed by atoms with van der Waals surface area (Å²) < 4.78 is 21.6. The molecule has 106 valence electrons. The van der Waals surface area contributed by atoms with E-state index in [4.69, 9.17) is 18.9 Å². The van der Waals surface area contributed by atoms with Crippen molar-refractivity contribution in [2.24, 2.45) is 0 Å². The van der Waals surface area contributed by atoms with Gasteiger partial charge >= 0.3 is 0 Å². The predicted octanol–water partition coefficient (Wildman–Crippen LogP) is 2.23. The Kier molecular flexibility index (Phi) is 7.42. The first-order chi connectivity index (χ1) is 8.65. The summed E-state index contributed by atoms with van der Waals surface area (Å²) in [5.74, 6) is 0. The van der Waals surface area contributed by atoms with Crippen LogP contribution in [-0.2, 0) is 23.7 Å². The molecule has 0 saturated heterocycles. The van der Waals surface area contributed by atoms with E-state index in [0.29, 0.717) is 0 Å². The van der Waals surface area contributed by atoms with Gasteiger partial charge in [-0.05, 0) is 26.7 Å². The molecule has 3 unspecified atom stereocenters. The van der Waals surface area contributed by atoms with E-state index in [2.05, 4.69) is 0 Å². The highest BCUT2D eigenvalue weighted by atomic mass is 16.9. The minimum atomic E-state index is -0.734. The van der Waals surface area contributed by atoms with E-state index >= 15 is 0 Å². The maximum Gasteiger partial charge on any atom is 0.273 e. The lowest BCUT2D eigenvalue weighted by atomic mass is 9.98. The van der Waals surface area contributed by atoms with E-state index in [0.717, 1.165) is 19.1 Å². The van der Waals surface area contributed by atoms with Gasteiger partial charge in [0.05, 0.1) is 6.10 Å². The van der Waals surface area contributed by atoms with E-state index in [1.54, 1.807) is 13.8 Å². The van der Waals surface area contributed by atoms with Crippen molar-refractivity contribution >= 4 is 6.29 Å². The number of hydrogen-bond acceptors (Lipinski definition) is 5. The second kappa shape index (κ2) is 8.58. The fraction of sp³-hybridized carbons (Fsp3) is 0.923. The Morgan fingerprint density at radius 1 is 1.11 bits per heavy atom. The van der Waals surface area contributed by atoms with Crippen LogP contribution in [0.1, 0.15) is 46.0 Å². The van der Waals surface area contributed by atoms with Gasteiger partial charge in [0.1, 0.15) is 12.4 Å². The van der Waals surface area contributed by atoms with Crippen LogP contribution in [0.5, 0.6) is 0 Å². The molecule has 1 rings (SSSR count). The van der Waals surface area contributed by atoms with Crippen LogP contribution in [0.3, 0.4) is 0 Å². The van der Waals surface area contributed by atoms with E-state index in [1.807, 2.05) is 0 Å². The number of carbonyl (C=O) groups excluding carboxylic acids is 1. The summed E-state index contributed by atoms with van der Waals surface area (Å²) in [5.41, 5.74) is 0. The molecule has 5 nitrogen and oxygen atoms in total. The summed E-state index contributed by atoms with van der Waals surface area (Å²) in [4.78, 5) is 10.5. The number of ether oxygens (including phenoxy) is 4. The molecule has 0 radical (unpaired) electrons. The Labute approximate surface area is 109 Å². The number of carbonyl (C=O) groups is 1. The molecular formula is C13H24O5. The molecule has 0 heterocycles. The lowest BCUT2D eigenvalue weighted by molar-refractivity contribution is -0.345. The summed E-state index contributed by atoms with van der Waals surface area (Å²) in [6, 6.07) is 0. The predicted molar refractivity (Wildman–Crippen MR) is 65.9 cm³/mol. The van der Waals surface area contributed by atoms with Crippen molar-refractivity contribution in [2.45, 2.75) is 70.9 Å². The van der Waals surface area contributed by atoms with Crippen molar-refractivity contribution in [2.75, 3.05) is 7.11 Å². The molecule has 18 heavy (non-hydrogen) atoms. The highest BCUT2D eigenvalue weighted by molar-refractivity contribution is 5.55. The first-order valence-electron chi connectivity index (χ1n) is 6.60. The fourth-order valence-corrected chi connectivity index (χ4v) is 2.02. The van der Waals surface area contributed by atoms with Crippen molar-refractivity contribution in [1.29, 1.82) is 0 Å². The molecule has 1 fully saturated rings. The van der Waals surface area contributed by atoms with Gasteiger partial charge in [0.15, 0.2) is 6.29 Å². The minimum Gasteiger partial charge on any atom is -0.342 e. The molecule has 1 aliphatic rings. The average molecular weight is 260 g/mol. The second-order valence-corrected chi connectivity index (χ2v) is 4.60. The first kappa shape index (κ1) is 15.6. The summed E-state index contributed by atoms with van der Waals surface area (Å²) >= 11 is 0. The molecule has 0 aliphatic heterocycles. The third-order valence-electron chi connectivity index (χ3n) is 2.95. The van der Waals surface area contributed by atoms with Crippen LogP contribution >= 0.6 is 0 Å². The smallest absolute Gasteiger partial charge is 0.273 e. The summed E-state index contributed by atoms with van der Waals surface area (Å²) in [6.07, 6.45) is 5.63. The van der Waals surface area contributed by atoms with Crippen molar-refractivity contribution in [3.63, 3.8) is 0 Å². The van der Waals surface area contributed by atoms with Crippen LogP contribution in [0.25, 0.3) is 0 Å². The summed E-state index contributed by atoms with van der Waals surface area (Å²) in [7, 11) is 1.53. The van der Waals surface area contributed by atoms with Crippen LogP contribution in [0, 0.1) is 0 Å². The fourth-order valence-electron chi connectivity index (χ4n) is 2.02. The Hall–Kier alpha value is -0.490. The standard InChI is InChI=1S/C13H24O5/c1-10(9-14)16-11(2)17-13(15-3)18-12-7-5-4-6-8-12/h9-13H,4-8H2,1-3H3. The van der Waals surface area contributed by atoms with E-state index in [9.17, 15) is 4.79 Å². The third-order valence-corrected chi connectivity index (χ3v) is 2.95. The van der Waals surface area contributed by atoms with Crippen LogP contribution in [-0.4, -0.2) is 38.4 Å². The van der Waals surface area contributed by atoms with Gasteiger partial charge in [-0.3, -0.25) is 0 Å². The van der Waals surface area contributed by atoms with E-state index in [1.165, 1.54) is 26.4 Å². The monoisotopic (exact) mass is 260 g/mol. The summed E-state index contributed by atoms with van der Waals surface area (Å²) in [5, 5.41) is 0. The van der Waals surface area contributed by atoms with Crippen molar-refractivity contribution in [3.8, 4) is 0 Å². The number of hydrogen-bond donors (Lipinski definition) is 0. The Bertz CT molecular complexity index is 227. The van der Waals surface area contributed by atoms with Crippen LogP contribution in [0.15, 0.2) is 0 Å². The SMILES string of the molecule is COC(OC1CCCCC1)OC(C)OC(C)C=O. The molecule has 0 amide bonds. The highest BCUT2D eigenvalue weighted by Gasteiger charge is 2.21. The molecule has 0 N–H and O–H groups in total. The lowest BCUT2D eigenvalue weighted by Crippen LogP contribution is -2.32. The number of methoxy groups -OCH3 is 1. The molecule has 1 saturated carbocycles. The van der Waals surface area contributed by atoms with E-state index < -0.39 is 18.9 Å². The average Bonchev–Trinajstić information content (AvgIpc) is 2.38. The van der Waals surface area contributed by atoms with Crippen LogP contribution in [0.2, 0.25) is 0 Å². The maximum absolute atomic E-state index is 10.5. The quantitative estimate of drug-likeness (QED) is 0.495. The molecular weight excluding hydrogens is 236 g/mol. The van der Waals surface area contributed by atoms with Gasteiger partial charge in [-0.15, -0.1) is 0 Å². The Balaban J connectivity index is 2.28. The zero-order chi connectivity index (χ0) is 13.4. The van der Waals surface area contributed by atoms with Crippen LogP contribution < -0.4 is 0 Å². The highest BCUT2D eigenvalue weighted by Crippen LogP contribution is 2.22. The normalized spacial score (nSPS) is 22.4. The molecule has 5 heteroatoms. The van der Waals surface area contributed by atoms with Crippen molar-refractivity contribution in [3.05, 3.63) is 0 Å². The zero-order valence-electron chi connectivity index (χ0n) is 11.5. The molecule has 0 aromatic heterocycles. The van der Waals surface area contributed by atoms with Gasteiger partial charge < -0.3 is 23.7 Å². The first-order valence-corrected chi connectivity index (χ1v) is 6.60. The molecule has 0 spiro atoms. The second-order valence-electron chi connectivity index (χ2n) is 4.60. The Morgan fingerprint density at radius 3 is 2.33 bits per heavy atom. The van der Waals surface area contributed by atoms with Gasteiger partial charge in [0, 0.05) is 7.11 Å². The van der Waals surface area contributed by atoms with Gasteiger partial charge in [-0.1, -0.05) is 19.3 Å². The van der Waals surface area contributed by atoms with E-state index in [-0.39, 0.29) is 6.10 Å². The molecule has 0 bridgehead atoms. The van der Waals surface area contributed by atoms with Gasteiger partial charge in [-0.2, -0.15) is 0 Å². The molecule has 0 aromatic carbocycles. The van der Waals surface area contributed by atoms with Crippen molar-refractivity contribution < 1.29 is 23.7 Å². The number of aldehydes is 1. The summed E-state index contributed by atoms with van der Waals surface area (Å²) in [6.45, 7) is 2.65. The topological polar surface area (TPSA) is 54.0 Å². The molecule has 0 aromatic rings.